The number of halogens is 3. The third-order valence-electron chi connectivity index (χ3n) is 3.48. The van der Waals surface area contributed by atoms with E-state index in [1.165, 1.54) is 6.07 Å². The lowest BCUT2D eigenvalue weighted by atomic mass is 9.95. The van der Waals surface area contributed by atoms with Crippen LogP contribution in [0.25, 0.3) is 0 Å². The first-order valence-electron chi connectivity index (χ1n) is 5.76. The van der Waals surface area contributed by atoms with Crippen molar-refractivity contribution in [1.29, 1.82) is 0 Å². The van der Waals surface area contributed by atoms with Gasteiger partial charge in [-0.1, -0.05) is 12.1 Å². The quantitative estimate of drug-likeness (QED) is 0.864. The molecule has 1 aliphatic rings. The van der Waals surface area contributed by atoms with E-state index in [0.29, 0.717) is 24.0 Å². The van der Waals surface area contributed by atoms with Gasteiger partial charge in [-0.15, -0.1) is 0 Å². The first kappa shape index (κ1) is 12.4. The maximum atomic E-state index is 12.8. The van der Waals surface area contributed by atoms with Crippen LogP contribution in [0.15, 0.2) is 18.2 Å². The summed E-state index contributed by atoms with van der Waals surface area (Å²) >= 11 is 0. The van der Waals surface area contributed by atoms with Crippen molar-refractivity contribution in [3.05, 3.63) is 34.9 Å². The standard InChI is InChI=1S/C13H16F3N/c1-9-3-2-4-11(13(14,15)16)10(9)5-6-12(17)7-8-12/h2-4H,5-8,17H2,1H3. The van der Waals surface area contributed by atoms with E-state index in [4.69, 9.17) is 5.73 Å². The van der Waals surface area contributed by atoms with Crippen LogP contribution in [-0.4, -0.2) is 5.54 Å². The van der Waals surface area contributed by atoms with Crippen LogP contribution in [0.3, 0.4) is 0 Å². The fourth-order valence-corrected chi connectivity index (χ4v) is 2.08. The lowest BCUT2D eigenvalue weighted by molar-refractivity contribution is -0.138. The fourth-order valence-electron chi connectivity index (χ4n) is 2.08. The summed E-state index contributed by atoms with van der Waals surface area (Å²) < 4.78 is 38.5. The largest absolute Gasteiger partial charge is 0.416 e. The van der Waals surface area contributed by atoms with E-state index in [1.807, 2.05) is 0 Å². The molecular weight excluding hydrogens is 227 g/mol. The monoisotopic (exact) mass is 243 g/mol. The molecule has 0 bridgehead atoms. The lowest BCUT2D eigenvalue weighted by Gasteiger charge is -2.16. The van der Waals surface area contributed by atoms with E-state index in [2.05, 4.69) is 0 Å². The number of benzene rings is 1. The maximum absolute atomic E-state index is 12.8. The molecule has 1 aromatic carbocycles. The Balaban J connectivity index is 2.24. The molecule has 1 fully saturated rings. The molecule has 94 valence electrons. The highest BCUT2D eigenvalue weighted by Crippen LogP contribution is 2.39. The van der Waals surface area contributed by atoms with Crippen molar-refractivity contribution in [1.82, 2.24) is 0 Å². The van der Waals surface area contributed by atoms with Crippen LogP contribution in [0.5, 0.6) is 0 Å². The SMILES string of the molecule is Cc1cccc(C(F)(F)F)c1CCC1(N)CC1. The van der Waals surface area contributed by atoms with Crippen molar-refractivity contribution in [2.45, 2.75) is 44.3 Å². The Hall–Kier alpha value is -1.03. The minimum Gasteiger partial charge on any atom is -0.325 e. The van der Waals surface area contributed by atoms with E-state index in [-0.39, 0.29) is 5.54 Å². The normalized spacial score (nSPS) is 18.2. The van der Waals surface area contributed by atoms with Crippen LogP contribution in [-0.2, 0) is 12.6 Å². The van der Waals surface area contributed by atoms with Crippen LogP contribution < -0.4 is 5.73 Å². The van der Waals surface area contributed by atoms with Crippen LogP contribution >= 0.6 is 0 Å². The zero-order chi connectivity index (χ0) is 12.7. The molecule has 0 unspecified atom stereocenters. The lowest BCUT2D eigenvalue weighted by Crippen LogP contribution is -2.23. The molecule has 17 heavy (non-hydrogen) atoms. The number of rotatable bonds is 3. The molecule has 1 saturated carbocycles. The molecule has 0 saturated heterocycles. The first-order chi connectivity index (χ1) is 7.82. The summed E-state index contributed by atoms with van der Waals surface area (Å²) in [5.74, 6) is 0. The molecule has 1 aliphatic carbocycles. The molecule has 0 radical (unpaired) electrons. The topological polar surface area (TPSA) is 26.0 Å². The number of hydrogen-bond acceptors (Lipinski definition) is 1. The van der Waals surface area contributed by atoms with Crippen molar-refractivity contribution in [3.63, 3.8) is 0 Å². The average Bonchev–Trinajstić information content (AvgIpc) is 2.93. The van der Waals surface area contributed by atoms with Gasteiger partial charge in [0.1, 0.15) is 0 Å². The van der Waals surface area contributed by atoms with Crippen molar-refractivity contribution in [2.24, 2.45) is 5.73 Å². The van der Waals surface area contributed by atoms with Crippen molar-refractivity contribution in [2.75, 3.05) is 0 Å². The zero-order valence-electron chi connectivity index (χ0n) is 9.77. The van der Waals surface area contributed by atoms with Crippen molar-refractivity contribution < 1.29 is 13.2 Å². The van der Waals surface area contributed by atoms with Gasteiger partial charge in [0, 0.05) is 5.54 Å². The molecule has 2 N–H and O–H groups in total. The zero-order valence-corrected chi connectivity index (χ0v) is 9.77. The molecular formula is C13H16F3N. The summed E-state index contributed by atoms with van der Waals surface area (Å²) in [6.07, 6.45) is -1.36. The summed E-state index contributed by atoms with van der Waals surface area (Å²) in [6.45, 7) is 1.72. The van der Waals surface area contributed by atoms with Crippen molar-refractivity contribution >= 4 is 0 Å². The fraction of sp³-hybridized carbons (Fsp3) is 0.538. The average molecular weight is 243 g/mol. The Kier molecular flexibility index (Phi) is 2.94. The molecule has 0 heterocycles. The minimum atomic E-state index is -4.27. The second kappa shape index (κ2) is 4.02. The maximum Gasteiger partial charge on any atom is 0.416 e. The Bertz CT molecular complexity index is 419. The van der Waals surface area contributed by atoms with E-state index < -0.39 is 11.7 Å². The van der Waals surface area contributed by atoms with Gasteiger partial charge >= 0.3 is 6.18 Å². The number of alkyl halides is 3. The third-order valence-corrected chi connectivity index (χ3v) is 3.48. The molecule has 0 spiro atoms. The molecule has 0 amide bonds. The van der Waals surface area contributed by atoms with Crippen LogP contribution in [0.1, 0.15) is 36.0 Å². The smallest absolute Gasteiger partial charge is 0.325 e. The first-order valence-corrected chi connectivity index (χ1v) is 5.76. The van der Waals surface area contributed by atoms with Gasteiger partial charge in [0.25, 0.3) is 0 Å². The number of hydrogen-bond donors (Lipinski definition) is 1. The highest BCUT2D eigenvalue weighted by molar-refractivity contribution is 5.36. The summed E-state index contributed by atoms with van der Waals surface area (Å²) in [5, 5.41) is 0. The number of aryl methyl sites for hydroxylation is 1. The van der Waals surface area contributed by atoms with Crippen LogP contribution in [0.2, 0.25) is 0 Å². The molecule has 2 rings (SSSR count). The van der Waals surface area contributed by atoms with E-state index in [9.17, 15) is 13.2 Å². The predicted molar refractivity (Wildman–Crippen MR) is 60.7 cm³/mol. The predicted octanol–water partition coefficient (Wildman–Crippen LogP) is 3.44. The van der Waals surface area contributed by atoms with Crippen LogP contribution in [0.4, 0.5) is 13.2 Å². The van der Waals surface area contributed by atoms with Gasteiger partial charge < -0.3 is 5.73 Å². The summed E-state index contributed by atoms with van der Waals surface area (Å²) in [6, 6.07) is 4.33. The molecule has 1 nitrogen and oxygen atoms in total. The summed E-state index contributed by atoms with van der Waals surface area (Å²) in [4.78, 5) is 0. The summed E-state index contributed by atoms with van der Waals surface area (Å²) in [7, 11) is 0. The second-order valence-electron chi connectivity index (χ2n) is 4.96. The highest BCUT2D eigenvalue weighted by atomic mass is 19.4. The molecule has 4 heteroatoms. The summed E-state index contributed by atoms with van der Waals surface area (Å²) in [5.41, 5.74) is 6.30. The van der Waals surface area contributed by atoms with E-state index >= 15 is 0 Å². The molecule has 1 aromatic rings. The highest BCUT2D eigenvalue weighted by Gasteiger charge is 2.39. The van der Waals surface area contributed by atoms with E-state index in [1.54, 1.807) is 13.0 Å². The molecule has 0 aliphatic heterocycles. The van der Waals surface area contributed by atoms with Gasteiger partial charge in [0.05, 0.1) is 5.56 Å². The van der Waals surface area contributed by atoms with Gasteiger partial charge in [0.15, 0.2) is 0 Å². The third kappa shape index (κ3) is 2.80. The second-order valence-corrected chi connectivity index (χ2v) is 4.96. The van der Waals surface area contributed by atoms with Gasteiger partial charge in [0.2, 0.25) is 0 Å². The van der Waals surface area contributed by atoms with Gasteiger partial charge in [-0.3, -0.25) is 0 Å². The Morgan fingerprint density at radius 1 is 1.29 bits per heavy atom. The van der Waals surface area contributed by atoms with E-state index in [0.717, 1.165) is 18.9 Å². The Labute approximate surface area is 98.8 Å². The Morgan fingerprint density at radius 2 is 1.94 bits per heavy atom. The van der Waals surface area contributed by atoms with Gasteiger partial charge in [-0.05, 0) is 49.8 Å². The Morgan fingerprint density at radius 3 is 2.47 bits per heavy atom. The number of nitrogens with two attached hydrogens (primary N) is 1. The molecule has 0 atom stereocenters. The van der Waals surface area contributed by atoms with Crippen molar-refractivity contribution in [3.8, 4) is 0 Å². The minimum absolute atomic E-state index is 0.203. The van der Waals surface area contributed by atoms with Gasteiger partial charge in [-0.25, -0.2) is 0 Å². The molecule has 0 aromatic heterocycles. The van der Waals surface area contributed by atoms with Crippen LogP contribution in [0, 0.1) is 6.92 Å². The van der Waals surface area contributed by atoms with Gasteiger partial charge in [-0.2, -0.15) is 13.2 Å².